The largest absolute Gasteiger partial charge is 0.465 e. The number of rotatable bonds is 5. The van der Waals surface area contributed by atoms with Crippen molar-refractivity contribution in [2.24, 2.45) is 5.92 Å². The minimum atomic E-state index is -3.93. The Kier molecular flexibility index (Phi) is 6.94. The standard InChI is InChI=1S/C14H19FN2O4S.ClH/c1-16-8-10-6-7-17(9-10)22(19,20)12-5-3-4-11(15)13(12)14(18)21-2;/h3-5,10,16H,6-9H2,1-2H3;1H. The molecular formula is C14H20ClFN2O4S. The molecule has 1 saturated heterocycles. The maximum Gasteiger partial charge on any atom is 0.342 e. The van der Waals surface area contributed by atoms with Gasteiger partial charge in [0.2, 0.25) is 10.0 Å². The van der Waals surface area contributed by atoms with E-state index < -0.39 is 27.4 Å². The summed E-state index contributed by atoms with van der Waals surface area (Å²) in [4.78, 5) is 11.4. The molecule has 0 saturated carbocycles. The van der Waals surface area contributed by atoms with E-state index in [1.54, 1.807) is 7.05 Å². The molecule has 23 heavy (non-hydrogen) atoms. The number of ether oxygens (including phenoxy) is 1. The van der Waals surface area contributed by atoms with Crippen molar-refractivity contribution in [3.8, 4) is 0 Å². The predicted octanol–water partition coefficient (Wildman–Crippen LogP) is 1.26. The highest BCUT2D eigenvalue weighted by molar-refractivity contribution is 7.89. The molecular weight excluding hydrogens is 347 g/mol. The number of methoxy groups -OCH3 is 1. The summed E-state index contributed by atoms with van der Waals surface area (Å²) in [6, 6.07) is 3.55. The number of sulfonamides is 1. The predicted molar refractivity (Wildman–Crippen MR) is 85.8 cm³/mol. The third kappa shape index (κ3) is 4.00. The molecule has 1 unspecified atom stereocenters. The van der Waals surface area contributed by atoms with Crippen LogP contribution < -0.4 is 5.32 Å². The molecule has 0 aliphatic carbocycles. The van der Waals surface area contributed by atoms with Crippen molar-refractivity contribution >= 4 is 28.4 Å². The number of carbonyl (C=O) groups is 1. The van der Waals surface area contributed by atoms with E-state index in [0.717, 1.165) is 19.6 Å². The first-order valence-electron chi connectivity index (χ1n) is 6.93. The Morgan fingerprint density at radius 1 is 1.48 bits per heavy atom. The third-order valence-electron chi connectivity index (χ3n) is 3.72. The topological polar surface area (TPSA) is 75.7 Å². The molecule has 0 amide bonds. The Hall–Kier alpha value is -1.22. The lowest BCUT2D eigenvalue weighted by Gasteiger charge is -2.18. The van der Waals surface area contributed by atoms with Crippen LogP contribution in [0, 0.1) is 11.7 Å². The quantitative estimate of drug-likeness (QED) is 0.794. The molecule has 0 bridgehead atoms. The SMILES string of the molecule is CNCC1CCN(S(=O)(=O)c2cccc(F)c2C(=O)OC)C1.Cl. The first-order chi connectivity index (χ1) is 10.4. The van der Waals surface area contributed by atoms with E-state index in [-0.39, 0.29) is 23.2 Å². The lowest BCUT2D eigenvalue weighted by atomic mass is 10.1. The van der Waals surface area contributed by atoms with Crippen molar-refractivity contribution in [3.05, 3.63) is 29.6 Å². The van der Waals surface area contributed by atoms with E-state index in [1.165, 1.54) is 16.4 Å². The zero-order valence-electron chi connectivity index (χ0n) is 12.9. The van der Waals surface area contributed by atoms with Crippen LogP contribution in [0.1, 0.15) is 16.8 Å². The molecule has 1 N–H and O–H groups in total. The first-order valence-corrected chi connectivity index (χ1v) is 8.37. The van der Waals surface area contributed by atoms with Crippen LogP contribution in [-0.2, 0) is 14.8 Å². The van der Waals surface area contributed by atoms with Gasteiger partial charge >= 0.3 is 5.97 Å². The molecule has 1 aromatic rings. The highest BCUT2D eigenvalue weighted by Gasteiger charge is 2.35. The van der Waals surface area contributed by atoms with Gasteiger partial charge in [0.25, 0.3) is 0 Å². The smallest absolute Gasteiger partial charge is 0.342 e. The summed E-state index contributed by atoms with van der Waals surface area (Å²) in [7, 11) is -1.04. The molecule has 0 radical (unpaired) electrons. The second-order valence-corrected chi connectivity index (χ2v) is 7.09. The summed E-state index contributed by atoms with van der Waals surface area (Å²) in [5.41, 5.74) is -0.540. The molecule has 0 spiro atoms. The molecule has 0 aromatic heterocycles. The fourth-order valence-electron chi connectivity index (χ4n) is 2.63. The van der Waals surface area contributed by atoms with Crippen molar-refractivity contribution in [2.75, 3.05) is 33.8 Å². The lowest BCUT2D eigenvalue weighted by molar-refractivity contribution is 0.0590. The fourth-order valence-corrected chi connectivity index (χ4v) is 4.35. The van der Waals surface area contributed by atoms with Gasteiger partial charge in [-0.1, -0.05) is 6.07 Å². The first kappa shape index (κ1) is 19.8. The number of carbonyl (C=O) groups excluding carboxylic acids is 1. The average molecular weight is 367 g/mol. The van der Waals surface area contributed by atoms with Crippen LogP contribution >= 0.6 is 12.4 Å². The van der Waals surface area contributed by atoms with Crippen LogP contribution in [0.2, 0.25) is 0 Å². The van der Waals surface area contributed by atoms with Crippen LogP contribution in [0.4, 0.5) is 4.39 Å². The number of hydrogen-bond acceptors (Lipinski definition) is 5. The molecule has 1 heterocycles. The van der Waals surface area contributed by atoms with Crippen molar-refractivity contribution < 1.29 is 22.3 Å². The molecule has 1 aliphatic rings. The van der Waals surface area contributed by atoms with Crippen LogP contribution in [0.5, 0.6) is 0 Å². The Bertz CT molecular complexity index is 669. The van der Waals surface area contributed by atoms with Crippen LogP contribution in [0.15, 0.2) is 23.1 Å². The van der Waals surface area contributed by atoms with E-state index in [2.05, 4.69) is 10.1 Å². The Balaban J connectivity index is 0.00000264. The Morgan fingerprint density at radius 3 is 2.78 bits per heavy atom. The number of esters is 1. The van der Waals surface area contributed by atoms with E-state index in [4.69, 9.17) is 0 Å². The van der Waals surface area contributed by atoms with Gasteiger partial charge in [0, 0.05) is 13.1 Å². The zero-order chi connectivity index (χ0) is 16.3. The summed E-state index contributed by atoms with van der Waals surface area (Å²) in [5, 5.41) is 3.01. The summed E-state index contributed by atoms with van der Waals surface area (Å²) in [6.07, 6.45) is 0.725. The second-order valence-electron chi connectivity index (χ2n) is 5.18. The highest BCUT2D eigenvalue weighted by Crippen LogP contribution is 2.27. The molecule has 1 aliphatic heterocycles. The summed E-state index contributed by atoms with van der Waals surface area (Å²) < 4.78 is 45.1. The van der Waals surface area contributed by atoms with Crippen molar-refractivity contribution in [2.45, 2.75) is 11.3 Å². The third-order valence-corrected chi connectivity index (χ3v) is 5.63. The number of hydrogen-bond donors (Lipinski definition) is 1. The van der Waals surface area contributed by atoms with Gasteiger partial charge in [-0.15, -0.1) is 12.4 Å². The Labute approximate surface area is 141 Å². The maximum atomic E-state index is 13.9. The number of nitrogens with one attached hydrogen (secondary N) is 1. The average Bonchev–Trinajstić information content (AvgIpc) is 2.96. The minimum Gasteiger partial charge on any atom is -0.465 e. The molecule has 9 heteroatoms. The number of nitrogens with zero attached hydrogens (tertiary/aromatic N) is 1. The van der Waals surface area contributed by atoms with Crippen LogP contribution in [-0.4, -0.2) is 52.5 Å². The van der Waals surface area contributed by atoms with Gasteiger partial charge in [-0.25, -0.2) is 17.6 Å². The van der Waals surface area contributed by atoms with E-state index in [0.29, 0.717) is 19.6 Å². The highest BCUT2D eigenvalue weighted by atomic mass is 35.5. The van der Waals surface area contributed by atoms with E-state index >= 15 is 0 Å². The summed E-state index contributed by atoms with van der Waals surface area (Å²) >= 11 is 0. The monoisotopic (exact) mass is 366 g/mol. The molecule has 6 nitrogen and oxygen atoms in total. The maximum absolute atomic E-state index is 13.9. The van der Waals surface area contributed by atoms with E-state index in [1.807, 2.05) is 0 Å². The van der Waals surface area contributed by atoms with Gasteiger partial charge in [-0.3, -0.25) is 0 Å². The molecule has 1 atom stereocenters. The molecule has 130 valence electrons. The van der Waals surface area contributed by atoms with Gasteiger partial charge in [-0.2, -0.15) is 4.31 Å². The summed E-state index contributed by atoms with van der Waals surface area (Å²) in [6.45, 7) is 1.41. The summed E-state index contributed by atoms with van der Waals surface area (Å²) in [5.74, 6) is -1.70. The van der Waals surface area contributed by atoms with Gasteiger partial charge in [0.15, 0.2) is 0 Å². The normalized spacial score (nSPS) is 18.5. The fraction of sp³-hybridized carbons (Fsp3) is 0.500. The molecule has 1 aromatic carbocycles. The van der Waals surface area contributed by atoms with Gasteiger partial charge in [0.1, 0.15) is 11.4 Å². The van der Waals surface area contributed by atoms with Crippen molar-refractivity contribution in [1.82, 2.24) is 9.62 Å². The van der Waals surface area contributed by atoms with Gasteiger partial charge in [0.05, 0.1) is 12.0 Å². The second kappa shape index (κ2) is 8.05. The lowest BCUT2D eigenvalue weighted by Crippen LogP contribution is -2.31. The van der Waals surface area contributed by atoms with Crippen LogP contribution in [0.25, 0.3) is 0 Å². The molecule has 2 rings (SSSR count). The molecule has 1 fully saturated rings. The number of halogens is 2. The van der Waals surface area contributed by atoms with Crippen molar-refractivity contribution in [3.63, 3.8) is 0 Å². The number of benzene rings is 1. The van der Waals surface area contributed by atoms with Gasteiger partial charge < -0.3 is 10.1 Å². The Morgan fingerprint density at radius 2 is 2.17 bits per heavy atom. The van der Waals surface area contributed by atoms with Gasteiger partial charge in [-0.05, 0) is 38.1 Å². The minimum absolute atomic E-state index is 0. The van der Waals surface area contributed by atoms with Crippen molar-refractivity contribution in [1.29, 1.82) is 0 Å². The van der Waals surface area contributed by atoms with E-state index in [9.17, 15) is 17.6 Å². The zero-order valence-corrected chi connectivity index (χ0v) is 14.5. The van der Waals surface area contributed by atoms with Crippen LogP contribution in [0.3, 0.4) is 0 Å².